The highest BCUT2D eigenvalue weighted by atomic mass is 35.7. The van der Waals surface area contributed by atoms with Crippen molar-refractivity contribution >= 4 is 34.0 Å². The van der Waals surface area contributed by atoms with Gasteiger partial charge in [0, 0.05) is 0 Å². The molecule has 0 amide bonds. The molecule has 1 aromatic rings. The Morgan fingerprint density at radius 1 is 1.00 bits per heavy atom. The molecule has 0 aromatic heterocycles. The minimum absolute atomic E-state index is 0.190. The lowest BCUT2D eigenvalue weighted by atomic mass is 9.87. The Labute approximate surface area is 96.7 Å². The van der Waals surface area contributed by atoms with E-state index in [0.717, 1.165) is 5.19 Å². The Balaban J connectivity index is 3.02. The second kappa shape index (κ2) is 3.88. The van der Waals surface area contributed by atoms with Crippen LogP contribution in [0.3, 0.4) is 0 Å². The first-order chi connectivity index (χ1) is 6.21. The highest BCUT2D eigenvalue weighted by Crippen LogP contribution is 2.22. The molecule has 0 saturated heterocycles. The molecule has 1 rings (SSSR count). The summed E-state index contributed by atoms with van der Waals surface area (Å²) in [5.41, 5.74) is 1.50. The summed E-state index contributed by atoms with van der Waals surface area (Å²) in [6.07, 6.45) is 0. The van der Waals surface area contributed by atoms with Gasteiger partial charge in [0.1, 0.15) is 0 Å². The molecule has 0 aliphatic heterocycles. The lowest BCUT2D eigenvalue weighted by molar-refractivity contribution is 0.590. The Kier molecular flexibility index (Phi) is 3.35. The first-order valence-electron chi connectivity index (χ1n) is 4.70. The first kappa shape index (κ1) is 12.1. The van der Waals surface area contributed by atoms with Crippen LogP contribution in [-0.4, -0.2) is 6.69 Å². The third-order valence-corrected chi connectivity index (χ3v) is 4.91. The molecular weight excluding hydrogens is 231 g/mol. The largest absolute Gasteiger partial charge is 0.277 e. The van der Waals surface area contributed by atoms with Crippen LogP contribution in [0.5, 0.6) is 0 Å². The molecule has 0 saturated carbocycles. The van der Waals surface area contributed by atoms with Gasteiger partial charge in [-0.2, -0.15) is 0 Å². The number of halogens is 2. The fourth-order valence-corrected chi connectivity index (χ4v) is 2.77. The number of benzene rings is 1. The van der Waals surface area contributed by atoms with Crippen LogP contribution >= 0.6 is 22.2 Å². The summed E-state index contributed by atoms with van der Waals surface area (Å²) in [5.74, 6) is 0. The van der Waals surface area contributed by atoms with E-state index in [1.807, 2.05) is 18.7 Å². The summed E-state index contributed by atoms with van der Waals surface area (Å²) in [7, 11) is 0. The van der Waals surface area contributed by atoms with E-state index in [1.54, 1.807) is 0 Å². The molecule has 0 bridgehead atoms. The highest BCUT2D eigenvalue weighted by Gasteiger charge is 2.24. The molecule has 3 heteroatoms. The average molecular weight is 247 g/mol. The maximum absolute atomic E-state index is 6.13. The van der Waals surface area contributed by atoms with Crippen molar-refractivity contribution in [2.75, 3.05) is 0 Å². The van der Waals surface area contributed by atoms with Gasteiger partial charge in [-0.25, -0.2) is 0 Å². The van der Waals surface area contributed by atoms with E-state index in [0.29, 0.717) is 0 Å². The molecule has 0 unspecified atom stereocenters. The van der Waals surface area contributed by atoms with Crippen molar-refractivity contribution in [1.82, 2.24) is 0 Å². The zero-order chi connectivity index (χ0) is 11.0. The fraction of sp³-hybridized carbons (Fsp3) is 0.455. The van der Waals surface area contributed by atoms with Crippen molar-refractivity contribution in [1.29, 1.82) is 0 Å². The minimum atomic E-state index is -2.17. The van der Waals surface area contributed by atoms with Gasteiger partial charge in [-0.1, -0.05) is 45.0 Å². The summed E-state index contributed by atoms with van der Waals surface area (Å²) in [6, 6.07) is 8.33. The zero-order valence-corrected chi connectivity index (χ0v) is 11.6. The van der Waals surface area contributed by atoms with Gasteiger partial charge in [-0.15, -0.1) is 22.2 Å². The van der Waals surface area contributed by atoms with Crippen molar-refractivity contribution in [2.24, 2.45) is 0 Å². The van der Waals surface area contributed by atoms with Gasteiger partial charge in [0.05, 0.1) is 0 Å². The quantitative estimate of drug-likeness (QED) is 0.524. The van der Waals surface area contributed by atoms with Gasteiger partial charge < -0.3 is 0 Å². The van der Waals surface area contributed by atoms with Gasteiger partial charge in [-0.05, 0) is 22.7 Å². The maximum atomic E-state index is 6.13. The predicted molar refractivity (Wildman–Crippen MR) is 68.1 cm³/mol. The summed E-state index contributed by atoms with van der Waals surface area (Å²) < 4.78 is 0. The van der Waals surface area contributed by atoms with Crippen LogP contribution in [0.2, 0.25) is 6.55 Å². The number of hydrogen-bond acceptors (Lipinski definition) is 0. The molecule has 0 aliphatic rings. The molecule has 0 nitrogen and oxygen atoms in total. The lowest BCUT2D eigenvalue weighted by Crippen LogP contribution is -2.32. The average Bonchev–Trinajstić information content (AvgIpc) is 2.01. The minimum Gasteiger partial charge on any atom is -0.140 e. The SMILES string of the molecule is CC(C)(C)c1ccc([Si](C)(Cl)Cl)cc1. The lowest BCUT2D eigenvalue weighted by Gasteiger charge is -2.20. The normalized spacial score (nSPS) is 13.0. The van der Waals surface area contributed by atoms with E-state index < -0.39 is 6.69 Å². The molecule has 0 aliphatic carbocycles. The van der Waals surface area contributed by atoms with Crippen molar-refractivity contribution in [3.05, 3.63) is 29.8 Å². The Morgan fingerprint density at radius 2 is 1.43 bits per heavy atom. The number of rotatable bonds is 1. The van der Waals surface area contributed by atoms with Crippen LogP contribution in [0.25, 0.3) is 0 Å². The monoisotopic (exact) mass is 246 g/mol. The second-order valence-electron chi connectivity index (χ2n) is 4.72. The van der Waals surface area contributed by atoms with Crippen LogP contribution in [0.15, 0.2) is 24.3 Å². The Hall–Kier alpha value is 0.0169. The van der Waals surface area contributed by atoms with Crippen LogP contribution in [-0.2, 0) is 5.41 Å². The molecule has 0 spiro atoms. The molecule has 0 heterocycles. The Morgan fingerprint density at radius 3 is 1.71 bits per heavy atom. The van der Waals surface area contributed by atoms with Crippen LogP contribution in [0.1, 0.15) is 26.3 Å². The summed E-state index contributed by atoms with van der Waals surface area (Å²) in [6.45, 7) is 6.33. The molecular formula is C11H16Cl2Si. The van der Waals surface area contributed by atoms with Gasteiger partial charge in [0.25, 0.3) is 6.69 Å². The van der Waals surface area contributed by atoms with Gasteiger partial charge in [-0.3, -0.25) is 0 Å². The second-order valence-corrected chi connectivity index (χ2v) is 12.2. The van der Waals surface area contributed by atoms with Crippen molar-refractivity contribution in [2.45, 2.75) is 32.7 Å². The molecule has 0 radical (unpaired) electrons. The zero-order valence-electron chi connectivity index (χ0n) is 9.07. The molecule has 0 atom stereocenters. The fourth-order valence-electron chi connectivity index (χ4n) is 1.26. The van der Waals surface area contributed by atoms with E-state index in [4.69, 9.17) is 22.2 Å². The Bertz CT molecular complexity index is 271. The third-order valence-electron chi connectivity index (χ3n) is 2.26. The summed E-state index contributed by atoms with van der Waals surface area (Å²) in [4.78, 5) is 0. The van der Waals surface area contributed by atoms with Crippen LogP contribution in [0.4, 0.5) is 0 Å². The van der Waals surface area contributed by atoms with E-state index in [-0.39, 0.29) is 5.41 Å². The van der Waals surface area contributed by atoms with Gasteiger partial charge in [0.2, 0.25) is 0 Å². The van der Waals surface area contributed by atoms with Crippen molar-refractivity contribution < 1.29 is 0 Å². The summed E-state index contributed by atoms with van der Waals surface area (Å²) >= 11 is 12.3. The van der Waals surface area contributed by atoms with Crippen molar-refractivity contribution in [3.63, 3.8) is 0 Å². The highest BCUT2D eigenvalue weighted by molar-refractivity contribution is 7.50. The van der Waals surface area contributed by atoms with Gasteiger partial charge in [0.15, 0.2) is 0 Å². The van der Waals surface area contributed by atoms with Crippen LogP contribution < -0.4 is 5.19 Å². The van der Waals surface area contributed by atoms with E-state index in [9.17, 15) is 0 Å². The molecule has 0 N–H and O–H groups in total. The molecule has 14 heavy (non-hydrogen) atoms. The maximum Gasteiger partial charge on any atom is 0.277 e. The number of hydrogen-bond donors (Lipinski definition) is 0. The van der Waals surface area contributed by atoms with E-state index >= 15 is 0 Å². The standard InChI is InChI=1S/C11H16Cl2Si/c1-11(2,3)9-5-7-10(8-6-9)14(4,12)13/h5-8H,1-4H3. The molecule has 0 fully saturated rings. The third kappa shape index (κ3) is 3.01. The van der Waals surface area contributed by atoms with Crippen LogP contribution in [0, 0.1) is 0 Å². The van der Waals surface area contributed by atoms with E-state index in [1.165, 1.54) is 5.56 Å². The van der Waals surface area contributed by atoms with Gasteiger partial charge >= 0.3 is 0 Å². The summed E-state index contributed by atoms with van der Waals surface area (Å²) in [5, 5.41) is 1.08. The molecule has 78 valence electrons. The van der Waals surface area contributed by atoms with Crippen molar-refractivity contribution in [3.8, 4) is 0 Å². The first-order valence-corrected chi connectivity index (χ1v) is 9.22. The smallest absolute Gasteiger partial charge is 0.140 e. The van der Waals surface area contributed by atoms with E-state index in [2.05, 4.69) is 32.9 Å². The topological polar surface area (TPSA) is 0 Å². The molecule has 1 aromatic carbocycles. The predicted octanol–water partition coefficient (Wildman–Crippen LogP) is 3.74.